The van der Waals surface area contributed by atoms with E-state index in [1.54, 1.807) is 29.3 Å². The monoisotopic (exact) mass is 385 g/mol. The fraction of sp³-hybridized carbons (Fsp3) is 0.176. The lowest BCUT2D eigenvalue weighted by atomic mass is 10.2. The molecule has 3 aromatic rings. The molecule has 0 spiro atoms. The second-order valence-electron chi connectivity index (χ2n) is 5.58. The third kappa shape index (κ3) is 3.21. The van der Waals surface area contributed by atoms with E-state index in [0.717, 1.165) is 17.5 Å². The van der Waals surface area contributed by atoms with Gasteiger partial charge in [0, 0.05) is 23.2 Å². The van der Waals surface area contributed by atoms with Crippen molar-refractivity contribution in [2.24, 2.45) is 0 Å². The van der Waals surface area contributed by atoms with Gasteiger partial charge in [0.1, 0.15) is 16.9 Å². The zero-order chi connectivity index (χ0) is 18.1. The lowest BCUT2D eigenvalue weighted by Crippen LogP contribution is -2.16. The first-order chi connectivity index (χ1) is 12.6. The van der Waals surface area contributed by atoms with E-state index < -0.39 is 0 Å². The Morgan fingerprint density at radius 2 is 2.31 bits per heavy atom. The fourth-order valence-electron chi connectivity index (χ4n) is 2.66. The molecule has 1 aliphatic rings. The first-order valence-electron chi connectivity index (χ1n) is 7.77. The molecule has 4 rings (SSSR count). The number of thioether (sulfide) groups is 1. The molecule has 0 bridgehead atoms. The van der Waals surface area contributed by atoms with Crippen molar-refractivity contribution < 1.29 is 9.18 Å². The minimum absolute atomic E-state index is 0.0615. The normalized spacial score (nSPS) is 12.6. The van der Waals surface area contributed by atoms with Gasteiger partial charge in [-0.15, -0.1) is 11.3 Å². The summed E-state index contributed by atoms with van der Waals surface area (Å²) in [6.45, 7) is 0.717. The van der Waals surface area contributed by atoms with Crippen molar-refractivity contribution in [3.8, 4) is 16.6 Å². The number of hydrogen-bond acceptors (Lipinski definition) is 6. The number of halogens is 1. The second kappa shape index (κ2) is 6.90. The molecule has 130 valence electrons. The van der Waals surface area contributed by atoms with Gasteiger partial charge in [-0.3, -0.25) is 4.79 Å². The van der Waals surface area contributed by atoms with Crippen molar-refractivity contribution in [3.05, 3.63) is 46.9 Å². The van der Waals surface area contributed by atoms with Gasteiger partial charge < -0.3 is 9.88 Å². The molecule has 0 fully saturated rings. The third-order valence-electron chi connectivity index (χ3n) is 3.81. The first kappa shape index (κ1) is 16.8. The van der Waals surface area contributed by atoms with Crippen molar-refractivity contribution >= 4 is 34.8 Å². The summed E-state index contributed by atoms with van der Waals surface area (Å²) < 4.78 is 15.1. The van der Waals surface area contributed by atoms with Crippen LogP contribution >= 0.6 is 23.1 Å². The van der Waals surface area contributed by atoms with Gasteiger partial charge >= 0.3 is 0 Å². The predicted octanol–water partition coefficient (Wildman–Crippen LogP) is 3.30. The third-order valence-corrected chi connectivity index (χ3v) is 5.70. The summed E-state index contributed by atoms with van der Waals surface area (Å²) >= 11 is 2.91. The Kier molecular flexibility index (Phi) is 4.44. The van der Waals surface area contributed by atoms with Crippen LogP contribution in [0.2, 0.25) is 0 Å². The highest BCUT2D eigenvalue weighted by Crippen LogP contribution is 2.30. The minimum Gasteiger partial charge on any atom is -0.308 e. The SMILES string of the molecule is N#Cc1c(NC(=O)Cc2csc(-c3cccc(F)c3)n2)nc2n1CCS2. The van der Waals surface area contributed by atoms with E-state index in [4.69, 9.17) is 0 Å². The summed E-state index contributed by atoms with van der Waals surface area (Å²) in [6, 6.07) is 8.28. The molecule has 1 aromatic carbocycles. The Bertz CT molecular complexity index is 1040. The van der Waals surface area contributed by atoms with E-state index in [-0.39, 0.29) is 18.1 Å². The lowest BCUT2D eigenvalue weighted by molar-refractivity contribution is -0.115. The van der Waals surface area contributed by atoms with E-state index in [0.29, 0.717) is 27.8 Å². The molecule has 9 heteroatoms. The van der Waals surface area contributed by atoms with Crippen LogP contribution in [0.25, 0.3) is 10.6 Å². The quantitative estimate of drug-likeness (QED) is 0.745. The van der Waals surface area contributed by atoms with Gasteiger partial charge in [-0.25, -0.2) is 14.4 Å². The van der Waals surface area contributed by atoms with E-state index in [9.17, 15) is 14.4 Å². The lowest BCUT2D eigenvalue weighted by Gasteiger charge is -2.02. The Morgan fingerprint density at radius 3 is 3.12 bits per heavy atom. The Hall–Kier alpha value is -2.70. The van der Waals surface area contributed by atoms with Crippen molar-refractivity contribution in [3.63, 3.8) is 0 Å². The minimum atomic E-state index is -0.327. The number of carbonyl (C=O) groups excluding carboxylic acids is 1. The molecular weight excluding hydrogens is 373 g/mol. The summed E-state index contributed by atoms with van der Waals surface area (Å²) in [7, 11) is 0. The highest BCUT2D eigenvalue weighted by Gasteiger charge is 2.23. The van der Waals surface area contributed by atoms with E-state index >= 15 is 0 Å². The van der Waals surface area contributed by atoms with E-state index in [1.165, 1.54) is 23.5 Å². The first-order valence-corrected chi connectivity index (χ1v) is 9.64. The van der Waals surface area contributed by atoms with Gasteiger partial charge in [0.25, 0.3) is 0 Å². The standard InChI is InChI=1S/C17H12FN5OS2/c18-11-3-1-2-10(6-11)16-20-12(9-26-16)7-14(24)21-15-13(8-19)23-4-5-25-17(23)22-15/h1-3,6,9H,4-5,7H2,(H,21,24). The van der Waals surface area contributed by atoms with Crippen LogP contribution in [0.15, 0.2) is 34.8 Å². The number of amides is 1. The van der Waals surface area contributed by atoms with Crippen LogP contribution < -0.4 is 5.32 Å². The molecule has 0 unspecified atom stereocenters. The molecule has 2 aromatic heterocycles. The molecule has 26 heavy (non-hydrogen) atoms. The van der Waals surface area contributed by atoms with Crippen LogP contribution in [0.1, 0.15) is 11.4 Å². The number of fused-ring (bicyclic) bond motifs is 1. The molecule has 0 radical (unpaired) electrons. The van der Waals surface area contributed by atoms with Crippen LogP contribution in [0.5, 0.6) is 0 Å². The summed E-state index contributed by atoms with van der Waals surface area (Å²) in [6.07, 6.45) is 0.0615. The summed E-state index contributed by atoms with van der Waals surface area (Å²) in [5.41, 5.74) is 1.64. The molecule has 0 saturated heterocycles. The number of hydrogen-bond donors (Lipinski definition) is 1. The number of benzene rings is 1. The molecule has 0 saturated carbocycles. The van der Waals surface area contributed by atoms with Gasteiger partial charge in [-0.05, 0) is 12.1 Å². The summed E-state index contributed by atoms with van der Waals surface area (Å²) in [5.74, 6) is 0.554. The van der Waals surface area contributed by atoms with Crippen molar-refractivity contribution in [1.29, 1.82) is 5.26 Å². The number of nitrogens with one attached hydrogen (secondary N) is 1. The molecule has 1 amide bonds. The number of imidazole rings is 1. The maximum absolute atomic E-state index is 13.3. The molecule has 1 aliphatic heterocycles. The van der Waals surface area contributed by atoms with E-state index in [2.05, 4.69) is 21.4 Å². The van der Waals surface area contributed by atoms with Crippen LogP contribution in [-0.2, 0) is 17.8 Å². The van der Waals surface area contributed by atoms with Crippen molar-refractivity contribution in [2.75, 3.05) is 11.1 Å². The van der Waals surface area contributed by atoms with Crippen LogP contribution in [0.4, 0.5) is 10.2 Å². The van der Waals surface area contributed by atoms with Crippen LogP contribution in [-0.4, -0.2) is 26.2 Å². The summed E-state index contributed by atoms with van der Waals surface area (Å²) in [5, 5.41) is 15.2. The number of rotatable bonds is 4. The van der Waals surface area contributed by atoms with Gasteiger partial charge in [-0.1, -0.05) is 23.9 Å². The number of thiazole rings is 1. The number of nitrogens with zero attached hydrogens (tertiary/aromatic N) is 4. The summed E-state index contributed by atoms with van der Waals surface area (Å²) in [4.78, 5) is 21.0. The predicted molar refractivity (Wildman–Crippen MR) is 97.5 cm³/mol. The highest BCUT2D eigenvalue weighted by molar-refractivity contribution is 7.99. The molecule has 6 nitrogen and oxygen atoms in total. The average Bonchev–Trinajstić information content (AvgIpc) is 3.31. The number of nitriles is 1. The maximum Gasteiger partial charge on any atom is 0.231 e. The number of aromatic nitrogens is 3. The molecule has 3 heterocycles. The highest BCUT2D eigenvalue weighted by atomic mass is 32.2. The zero-order valence-electron chi connectivity index (χ0n) is 13.4. The topological polar surface area (TPSA) is 83.6 Å². The average molecular weight is 385 g/mol. The van der Waals surface area contributed by atoms with Crippen molar-refractivity contribution in [1.82, 2.24) is 14.5 Å². The van der Waals surface area contributed by atoms with Gasteiger partial charge in [0.2, 0.25) is 5.91 Å². The second-order valence-corrected chi connectivity index (χ2v) is 7.50. The molecule has 0 aliphatic carbocycles. The molecule has 1 N–H and O–H groups in total. The van der Waals surface area contributed by atoms with Gasteiger partial charge in [0.15, 0.2) is 16.7 Å². The Balaban J connectivity index is 1.47. The smallest absolute Gasteiger partial charge is 0.231 e. The Morgan fingerprint density at radius 1 is 1.42 bits per heavy atom. The van der Waals surface area contributed by atoms with Crippen LogP contribution in [0.3, 0.4) is 0 Å². The van der Waals surface area contributed by atoms with Crippen LogP contribution in [0, 0.1) is 17.1 Å². The molecular formula is C17H12FN5OS2. The van der Waals surface area contributed by atoms with Crippen molar-refractivity contribution in [2.45, 2.75) is 18.1 Å². The van der Waals surface area contributed by atoms with E-state index in [1.807, 2.05) is 4.57 Å². The molecule has 0 atom stereocenters. The number of anilines is 1. The Labute approximate surface area is 156 Å². The maximum atomic E-state index is 13.3. The fourth-order valence-corrected chi connectivity index (χ4v) is 4.43. The largest absolute Gasteiger partial charge is 0.308 e. The zero-order valence-corrected chi connectivity index (χ0v) is 15.0. The number of carbonyl (C=O) groups is 1. The van der Waals surface area contributed by atoms with Gasteiger partial charge in [0.05, 0.1) is 12.1 Å². The van der Waals surface area contributed by atoms with Gasteiger partial charge in [-0.2, -0.15) is 5.26 Å².